The normalized spacial score (nSPS) is 11.2. The minimum absolute atomic E-state index is 0.842. The van der Waals surface area contributed by atoms with Gasteiger partial charge in [-0.1, -0.05) is 109 Å². The maximum absolute atomic E-state index is 5.47. The molecule has 0 fully saturated rings. The number of methoxy groups -OCH3 is 1. The highest BCUT2D eigenvalue weighted by molar-refractivity contribution is 6.16. The van der Waals surface area contributed by atoms with E-state index in [9.17, 15) is 0 Å². The summed E-state index contributed by atoms with van der Waals surface area (Å²) < 4.78 is 7.82. The van der Waals surface area contributed by atoms with Gasteiger partial charge in [0.05, 0.1) is 23.8 Å². The van der Waals surface area contributed by atoms with Crippen molar-refractivity contribution < 1.29 is 4.74 Å². The van der Waals surface area contributed by atoms with Gasteiger partial charge in [-0.15, -0.1) is 0 Å². The van der Waals surface area contributed by atoms with Crippen LogP contribution in [0.1, 0.15) is 0 Å². The lowest BCUT2D eigenvalue weighted by Crippen LogP contribution is -2.10. The summed E-state index contributed by atoms with van der Waals surface area (Å²) in [5, 5.41) is 2.41. The predicted molar refractivity (Wildman–Crippen MR) is 193 cm³/mol. The van der Waals surface area contributed by atoms with E-state index in [1.165, 1.54) is 33.0 Å². The van der Waals surface area contributed by atoms with Crippen LogP contribution in [0.25, 0.3) is 49.7 Å². The molecule has 0 N–H and O–H groups in total. The SMILES string of the molecule is COc1ccc(-n2c3ccccc3c3c(N(c4ccc(-c5ccccc5)cc4)c4ccc(-c5ccccc5)cc4)cccc32)cc1. The smallest absolute Gasteiger partial charge is 0.119 e. The number of para-hydroxylation sites is 1. The number of hydrogen-bond donors (Lipinski definition) is 0. The molecule has 0 unspecified atom stereocenters. The van der Waals surface area contributed by atoms with Crippen LogP contribution in [0.5, 0.6) is 5.75 Å². The molecule has 0 spiro atoms. The standard InChI is InChI=1S/C43H32N2O/c1-46-38-29-27-37(28-30-38)45-40-16-9-8-15-39(40)43-41(17-10-18-42(43)45)44(35-23-19-33(20-24-35)31-11-4-2-5-12-31)36-25-21-34(22-26-36)32-13-6-3-7-14-32/h2-30H,1H3. The lowest BCUT2D eigenvalue weighted by Gasteiger charge is -2.27. The minimum atomic E-state index is 0.842. The summed E-state index contributed by atoms with van der Waals surface area (Å²) in [6.45, 7) is 0. The molecule has 0 aliphatic heterocycles. The molecule has 0 saturated heterocycles. The molecule has 1 aromatic heterocycles. The van der Waals surface area contributed by atoms with Gasteiger partial charge < -0.3 is 14.2 Å². The van der Waals surface area contributed by atoms with Gasteiger partial charge in [0.15, 0.2) is 0 Å². The Bertz CT molecular complexity index is 2170. The lowest BCUT2D eigenvalue weighted by atomic mass is 10.0. The highest BCUT2D eigenvalue weighted by atomic mass is 16.5. The van der Waals surface area contributed by atoms with Gasteiger partial charge in [-0.3, -0.25) is 0 Å². The van der Waals surface area contributed by atoms with E-state index in [1.54, 1.807) is 7.11 Å². The predicted octanol–water partition coefficient (Wildman–Crippen LogP) is 11.6. The average Bonchev–Trinajstić information content (AvgIpc) is 3.48. The second-order valence-electron chi connectivity index (χ2n) is 11.4. The Labute approximate surface area is 269 Å². The number of hydrogen-bond acceptors (Lipinski definition) is 2. The van der Waals surface area contributed by atoms with Gasteiger partial charge in [-0.25, -0.2) is 0 Å². The molecule has 0 radical (unpaired) electrons. The van der Waals surface area contributed by atoms with Crippen molar-refractivity contribution in [3.63, 3.8) is 0 Å². The molecular weight excluding hydrogens is 560 g/mol. The molecule has 0 saturated carbocycles. The van der Waals surface area contributed by atoms with Crippen LogP contribution >= 0.6 is 0 Å². The maximum Gasteiger partial charge on any atom is 0.119 e. The number of benzene rings is 7. The fraction of sp³-hybridized carbons (Fsp3) is 0.0233. The van der Waals surface area contributed by atoms with Gasteiger partial charge in [-0.05, 0) is 89.0 Å². The van der Waals surface area contributed by atoms with E-state index in [2.05, 4.69) is 173 Å². The van der Waals surface area contributed by atoms with E-state index >= 15 is 0 Å². The second kappa shape index (κ2) is 11.8. The fourth-order valence-electron chi connectivity index (χ4n) is 6.49. The van der Waals surface area contributed by atoms with E-state index < -0.39 is 0 Å². The number of aromatic nitrogens is 1. The van der Waals surface area contributed by atoms with Crippen molar-refractivity contribution in [3.05, 3.63) is 176 Å². The van der Waals surface area contributed by atoms with E-state index in [-0.39, 0.29) is 0 Å². The molecule has 8 rings (SSSR count). The Morgan fingerprint density at radius 1 is 0.435 bits per heavy atom. The zero-order chi connectivity index (χ0) is 30.9. The van der Waals surface area contributed by atoms with Crippen LogP contribution in [0.15, 0.2) is 176 Å². The second-order valence-corrected chi connectivity index (χ2v) is 11.4. The molecule has 7 aromatic carbocycles. The first-order valence-electron chi connectivity index (χ1n) is 15.6. The van der Waals surface area contributed by atoms with Crippen molar-refractivity contribution in [1.29, 1.82) is 0 Å². The van der Waals surface area contributed by atoms with Crippen molar-refractivity contribution >= 4 is 38.9 Å². The summed E-state index contributed by atoms with van der Waals surface area (Å²) in [5.74, 6) is 0.842. The molecule has 0 amide bonds. The summed E-state index contributed by atoms with van der Waals surface area (Å²) in [6.07, 6.45) is 0. The number of fused-ring (bicyclic) bond motifs is 3. The van der Waals surface area contributed by atoms with Gasteiger partial charge in [0.1, 0.15) is 5.75 Å². The summed E-state index contributed by atoms with van der Waals surface area (Å²) in [5.41, 5.74) is 11.5. The minimum Gasteiger partial charge on any atom is -0.497 e. The van der Waals surface area contributed by atoms with Crippen LogP contribution in [0.3, 0.4) is 0 Å². The molecule has 46 heavy (non-hydrogen) atoms. The summed E-state index contributed by atoms with van der Waals surface area (Å²) in [4.78, 5) is 2.39. The molecule has 1 heterocycles. The third kappa shape index (κ3) is 4.89. The Morgan fingerprint density at radius 3 is 1.50 bits per heavy atom. The monoisotopic (exact) mass is 592 g/mol. The average molecular weight is 593 g/mol. The first kappa shape index (κ1) is 27.5. The highest BCUT2D eigenvalue weighted by Crippen LogP contribution is 2.44. The molecule has 3 nitrogen and oxygen atoms in total. The Kier molecular flexibility index (Phi) is 7.05. The number of ether oxygens (including phenoxy) is 1. The molecule has 0 bridgehead atoms. The van der Waals surface area contributed by atoms with E-state index in [0.29, 0.717) is 0 Å². The topological polar surface area (TPSA) is 17.4 Å². The van der Waals surface area contributed by atoms with Crippen molar-refractivity contribution in [2.45, 2.75) is 0 Å². The van der Waals surface area contributed by atoms with Crippen LogP contribution in [-0.4, -0.2) is 11.7 Å². The van der Waals surface area contributed by atoms with E-state index in [1.807, 2.05) is 12.1 Å². The van der Waals surface area contributed by atoms with Crippen LogP contribution in [0.2, 0.25) is 0 Å². The molecule has 8 aromatic rings. The summed E-state index contributed by atoms with van der Waals surface area (Å²) in [6, 6.07) is 62.5. The number of rotatable bonds is 7. The zero-order valence-electron chi connectivity index (χ0n) is 25.5. The van der Waals surface area contributed by atoms with Crippen LogP contribution in [0.4, 0.5) is 17.1 Å². The van der Waals surface area contributed by atoms with Gasteiger partial charge in [0.2, 0.25) is 0 Å². The van der Waals surface area contributed by atoms with Crippen molar-refractivity contribution in [1.82, 2.24) is 4.57 Å². The molecule has 0 aliphatic carbocycles. The molecule has 0 atom stereocenters. The van der Waals surface area contributed by atoms with Crippen LogP contribution in [-0.2, 0) is 0 Å². The van der Waals surface area contributed by atoms with Gasteiger partial charge in [0.25, 0.3) is 0 Å². The number of nitrogens with zero attached hydrogens (tertiary/aromatic N) is 2. The molecular formula is C43H32N2O. The quantitative estimate of drug-likeness (QED) is 0.183. The van der Waals surface area contributed by atoms with E-state index in [4.69, 9.17) is 4.74 Å². The maximum atomic E-state index is 5.47. The van der Waals surface area contributed by atoms with Gasteiger partial charge in [0, 0.05) is 27.8 Å². The molecule has 220 valence electrons. The zero-order valence-corrected chi connectivity index (χ0v) is 25.5. The first-order valence-corrected chi connectivity index (χ1v) is 15.6. The largest absolute Gasteiger partial charge is 0.497 e. The first-order chi connectivity index (χ1) is 22.8. The lowest BCUT2D eigenvalue weighted by molar-refractivity contribution is 0.415. The van der Waals surface area contributed by atoms with Gasteiger partial charge in [-0.2, -0.15) is 0 Å². The van der Waals surface area contributed by atoms with Crippen LogP contribution < -0.4 is 9.64 Å². The fourth-order valence-corrected chi connectivity index (χ4v) is 6.49. The van der Waals surface area contributed by atoms with Crippen molar-refractivity contribution in [2.75, 3.05) is 12.0 Å². The van der Waals surface area contributed by atoms with Gasteiger partial charge >= 0.3 is 0 Å². The Balaban J connectivity index is 1.34. The van der Waals surface area contributed by atoms with Crippen molar-refractivity contribution in [3.8, 4) is 33.7 Å². The van der Waals surface area contributed by atoms with Crippen LogP contribution in [0, 0.1) is 0 Å². The molecule has 0 aliphatic rings. The summed E-state index contributed by atoms with van der Waals surface area (Å²) >= 11 is 0. The van der Waals surface area contributed by atoms with E-state index in [0.717, 1.165) is 39.5 Å². The third-order valence-corrected chi connectivity index (χ3v) is 8.71. The number of anilines is 3. The van der Waals surface area contributed by atoms with Crippen molar-refractivity contribution in [2.24, 2.45) is 0 Å². The Hall–Kier alpha value is -6.06. The Morgan fingerprint density at radius 2 is 0.935 bits per heavy atom. The highest BCUT2D eigenvalue weighted by Gasteiger charge is 2.21. The molecule has 3 heteroatoms. The summed E-state index contributed by atoms with van der Waals surface area (Å²) in [7, 11) is 1.70. The third-order valence-electron chi connectivity index (χ3n) is 8.71.